The predicted octanol–water partition coefficient (Wildman–Crippen LogP) is 6.47. The highest BCUT2D eigenvalue weighted by molar-refractivity contribution is 8.02. The summed E-state index contributed by atoms with van der Waals surface area (Å²) < 4.78 is 7.35. The van der Waals surface area contributed by atoms with Gasteiger partial charge in [0.05, 0.1) is 23.4 Å². The van der Waals surface area contributed by atoms with E-state index >= 15 is 0 Å². The van der Waals surface area contributed by atoms with E-state index in [0.717, 1.165) is 38.9 Å². The Balaban J connectivity index is 1.67. The molecule has 3 aromatic carbocycles. The monoisotopic (exact) mass is 452 g/mol. The first-order valence-corrected chi connectivity index (χ1v) is 11.6. The van der Waals surface area contributed by atoms with E-state index in [0.29, 0.717) is 11.3 Å². The first kappa shape index (κ1) is 21.2. The molecular weight excluding hydrogens is 428 g/mol. The molecule has 0 bridgehead atoms. The number of methoxy groups -OCH3 is 1. The number of ketones is 1. The van der Waals surface area contributed by atoms with Crippen molar-refractivity contribution in [3.05, 3.63) is 107 Å². The van der Waals surface area contributed by atoms with Crippen LogP contribution in [-0.4, -0.2) is 24.5 Å². The van der Waals surface area contributed by atoms with Gasteiger partial charge < -0.3 is 14.2 Å². The summed E-state index contributed by atoms with van der Waals surface area (Å²) in [6.07, 6.45) is 0. The summed E-state index contributed by atoms with van der Waals surface area (Å²) in [5.41, 5.74) is 5.56. The summed E-state index contributed by atoms with van der Waals surface area (Å²) >= 11 is 1.67. The van der Waals surface area contributed by atoms with Gasteiger partial charge in [-0.2, -0.15) is 0 Å². The zero-order chi connectivity index (χ0) is 22.9. The second-order valence-corrected chi connectivity index (χ2v) is 8.78. The summed E-state index contributed by atoms with van der Waals surface area (Å²) in [4.78, 5) is 17.0. The molecule has 0 saturated heterocycles. The van der Waals surface area contributed by atoms with Gasteiger partial charge in [-0.15, -0.1) is 0 Å². The van der Waals surface area contributed by atoms with Crippen LogP contribution in [0, 0.1) is 0 Å². The molecule has 1 aromatic heterocycles. The molecule has 1 aliphatic rings. The largest absolute Gasteiger partial charge is 0.497 e. The Bertz CT molecular complexity index is 1340. The van der Waals surface area contributed by atoms with E-state index in [1.165, 1.54) is 0 Å². The number of carbonyl (C=O) groups is 1. The topological polar surface area (TPSA) is 34.5 Å². The molecule has 0 saturated carbocycles. The number of ether oxygens (including phenoxy) is 1. The number of aromatic nitrogens is 1. The van der Waals surface area contributed by atoms with Crippen LogP contribution in [0.1, 0.15) is 21.6 Å². The maximum absolute atomic E-state index is 13.7. The molecule has 4 nitrogen and oxygen atoms in total. The van der Waals surface area contributed by atoms with E-state index in [1.54, 1.807) is 18.9 Å². The van der Waals surface area contributed by atoms with Crippen LogP contribution in [-0.2, 0) is 7.05 Å². The van der Waals surface area contributed by atoms with E-state index in [2.05, 4.69) is 41.6 Å². The van der Waals surface area contributed by atoms with Crippen molar-refractivity contribution >= 4 is 29.1 Å². The minimum absolute atomic E-state index is 0.0198. The number of nitrogens with zero attached hydrogens (tertiary/aromatic N) is 2. The number of benzene rings is 3. The Morgan fingerprint density at radius 2 is 1.45 bits per heavy atom. The first-order valence-electron chi connectivity index (χ1n) is 10.7. The zero-order valence-electron chi connectivity index (χ0n) is 18.8. The van der Waals surface area contributed by atoms with Gasteiger partial charge in [0.25, 0.3) is 0 Å². The van der Waals surface area contributed by atoms with Gasteiger partial charge in [-0.05, 0) is 35.4 Å². The molecule has 33 heavy (non-hydrogen) atoms. The fourth-order valence-corrected chi connectivity index (χ4v) is 5.57. The molecule has 0 amide bonds. The highest BCUT2D eigenvalue weighted by Gasteiger charge is 2.32. The predicted molar refractivity (Wildman–Crippen MR) is 136 cm³/mol. The summed E-state index contributed by atoms with van der Waals surface area (Å²) in [6.45, 7) is 0. The Morgan fingerprint density at radius 3 is 2.09 bits per heavy atom. The van der Waals surface area contributed by atoms with Crippen LogP contribution < -0.4 is 9.64 Å². The van der Waals surface area contributed by atoms with E-state index in [1.807, 2.05) is 72.3 Å². The van der Waals surface area contributed by atoms with Crippen LogP contribution in [0.4, 0.5) is 5.82 Å². The number of anilines is 1. The van der Waals surface area contributed by atoms with E-state index in [9.17, 15) is 4.79 Å². The molecule has 0 unspecified atom stereocenters. The summed E-state index contributed by atoms with van der Waals surface area (Å²) in [5.74, 6) is 1.85. The van der Waals surface area contributed by atoms with Gasteiger partial charge >= 0.3 is 0 Å². The number of thioether (sulfide) groups is 1. The van der Waals surface area contributed by atoms with Crippen LogP contribution in [0.3, 0.4) is 0 Å². The number of rotatable bonds is 5. The fraction of sp³-hybridized carbons (Fsp3) is 0.107. The third-order valence-electron chi connectivity index (χ3n) is 5.99. The lowest BCUT2D eigenvalue weighted by atomic mass is 10.00. The van der Waals surface area contributed by atoms with Crippen LogP contribution in [0.15, 0.2) is 95.2 Å². The van der Waals surface area contributed by atoms with Gasteiger partial charge in [0.15, 0.2) is 0 Å². The van der Waals surface area contributed by atoms with Crippen molar-refractivity contribution in [2.24, 2.45) is 7.05 Å². The second kappa shape index (κ2) is 8.68. The van der Waals surface area contributed by atoms with Gasteiger partial charge in [-0.3, -0.25) is 4.79 Å². The van der Waals surface area contributed by atoms with E-state index in [4.69, 9.17) is 4.74 Å². The normalized spacial score (nSPS) is 12.8. The zero-order valence-corrected chi connectivity index (χ0v) is 19.6. The number of fused-ring (bicyclic) bond motifs is 1. The highest BCUT2D eigenvalue weighted by atomic mass is 32.2. The summed E-state index contributed by atoms with van der Waals surface area (Å²) in [6, 6.07) is 27.7. The SMILES string of the molecule is COc1ccc(C2=CSc3c(-c4ccccc4)c(C(=O)c4ccccc4)n(C)c3N2C)cc1. The smallest absolute Gasteiger partial charge is 0.210 e. The lowest BCUT2D eigenvalue weighted by molar-refractivity contribution is 0.103. The Kier molecular flexibility index (Phi) is 5.56. The number of carbonyl (C=O) groups excluding carboxylic acids is 1. The van der Waals surface area contributed by atoms with Crippen LogP contribution in [0.5, 0.6) is 5.75 Å². The summed E-state index contributed by atoms with van der Waals surface area (Å²) in [5, 5.41) is 2.16. The van der Waals surface area contributed by atoms with Crippen molar-refractivity contribution in [1.29, 1.82) is 0 Å². The molecule has 0 spiro atoms. The van der Waals surface area contributed by atoms with Gasteiger partial charge in [0, 0.05) is 30.6 Å². The number of hydrogen-bond donors (Lipinski definition) is 0. The Labute approximate surface area is 198 Å². The Morgan fingerprint density at radius 1 is 0.818 bits per heavy atom. The molecule has 1 aliphatic heterocycles. The second-order valence-electron chi connectivity index (χ2n) is 7.90. The standard InChI is InChI=1S/C28H24N2O2S/c1-29-23(19-14-16-22(32-3)17-15-19)18-33-27-24(20-10-6-4-7-11-20)25(30(2)28(27)29)26(31)21-12-8-5-9-13-21/h4-18H,1-3H3. The van der Waals surface area contributed by atoms with Gasteiger partial charge in [0.1, 0.15) is 11.6 Å². The van der Waals surface area contributed by atoms with Crippen molar-refractivity contribution in [3.63, 3.8) is 0 Å². The Hall–Kier alpha value is -3.70. The lowest BCUT2D eigenvalue weighted by Crippen LogP contribution is -2.21. The lowest BCUT2D eigenvalue weighted by Gasteiger charge is -2.28. The van der Waals surface area contributed by atoms with Crippen molar-refractivity contribution in [1.82, 2.24) is 4.57 Å². The molecule has 0 N–H and O–H groups in total. The average molecular weight is 453 g/mol. The van der Waals surface area contributed by atoms with Crippen LogP contribution in [0.2, 0.25) is 0 Å². The minimum Gasteiger partial charge on any atom is -0.497 e. The fourth-order valence-electron chi connectivity index (χ4n) is 4.33. The third kappa shape index (κ3) is 3.64. The van der Waals surface area contributed by atoms with Crippen molar-refractivity contribution in [2.45, 2.75) is 4.90 Å². The molecule has 0 fully saturated rings. The molecule has 5 heteroatoms. The van der Waals surface area contributed by atoms with E-state index < -0.39 is 0 Å². The molecule has 2 heterocycles. The third-order valence-corrected chi connectivity index (χ3v) is 6.95. The molecule has 0 aliphatic carbocycles. The first-order chi connectivity index (χ1) is 16.1. The molecule has 164 valence electrons. The quantitative estimate of drug-likeness (QED) is 0.325. The number of hydrogen-bond acceptors (Lipinski definition) is 4. The molecule has 0 radical (unpaired) electrons. The summed E-state index contributed by atoms with van der Waals surface area (Å²) in [7, 11) is 5.71. The van der Waals surface area contributed by atoms with Gasteiger partial charge in [-0.1, -0.05) is 72.4 Å². The van der Waals surface area contributed by atoms with Crippen LogP contribution >= 0.6 is 11.8 Å². The van der Waals surface area contributed by atoms with Crippen molar-refractivity contribution in [2.75, 3.05) is 19.1 Å². The van der Waals surface area contributed by atoms with Crippen molar-refractivity contribution in [3.8, 4) is 16.9 Å². The van der Waals surface area contributed by atoms with Crippen LogP contribution in [0.25, 0.3) is 16.8 Å². The van der Waals surface area contributed by atoms with Gasteiger partial charge in [-0.25, -0.2) is 0 Å². The average Bonchev–Trinajstić information content (AvgIpc) is 3.18. The highest BCUT2D eigenvalue weighted by Crippen LogP contribution is 2.49. The van der Waals surface area contributed by atoms with Crippen molar-refractivity contribution < 1.29 is 9.53 Å². The van der Waals surface area contributed by atoms with E-state index in [-0.39, 0.29) is 5.78 Å². The molecule has 5 rings (SSSR count). The maximum atomic E-state index is 13.7. The maximum Gasteiger partial charge on any atom is 0.210 e. The molecular formula is C28H24N2O2S. The van der Waals surface area contributed by atoms with Gasteiger partial charge in [0.2, 0.25) is 5.78 Å². The molecule has 0 atom stereocenters. The minimum atomic E-state index is 0.0198. The molecule has 4 aromatic rings.